The zero-order valence-corrected chi connectivity index (χ0v) is 18.9. The van der Waals surface area contributed by atoms with Crippen molar-refractivity contribution < 1.29 is 18.0 Å². The number of sulfonamides is 1. The van der Waals surface area contributed by atoms with Crippen LogP contribution < -0.4 is 15.6 Å². The van der Waals surface area contributed by atoms with E-state index in [1.165, 1.54) is 6.07 Å². The van der Waals surface area contributed by atoms with E-state index in [9.17, 15) is 18.0 Å². The summed E-state index contributed by atoms with van der Waals surface area (Å²) in [4.78, 5) is 29.5. The third-order valence-corrected chi connectivity index (χ3v) is 6.42. The summed E-state index contributed by atoms with van der Waals surface area (Å²) in [5, 5.41) is 0. The molecule has 1 unspecified atom stereocenters. The maximum absolute atomic E-state index is 12.7. The first-order valence-corrected chi connectivity index (χ1v) is 11.6. The fourth-order valence-electron chi connectivity index (χ4n) is 3.05. The first-order valence-electron chi connectivity index (χ1n) is 9.35. The maximum Gasteiger partial charge on any atom is 0.286 e. The average molecular weight is 496 g/mol. The minimum absolute atomic E-state index is 0.125. The molecule has 1 aromatic heterocycles. The molecule has 0 fully saturated rings. The van der Waals surface area contributed by atoms with Gasteiger partial charge in [0.25, 0.3) is 21.8 Å². The zero-order valence-electron chi connectivity index (χ0n) is 16.5. The van der Waals surface area contributed by atoms with Crippen LogP contribution in [0.4, 0.5) is 0 Å². The third-order valence-electron chi connectivity index (χ3n) is 4.58. The van der Waals surface area contributed by atoms with Crippen molar-refractivity contribution in [3.63, 3.8) is 0 Å². The molecule has 11 heteroatoms. The highest BCUT2D eigenvalue weighted by atomic mass is 79.9. The second-order valence-electron chi connectivity index (χ2n) is 6.84. The molecule has 3 rings (SSSR count). The van der Waals surface area contributed by atoms with Gasteiger partial charge in [0.05, 0.1) is 4.90 Å². The van der Waals surface area contributed by atoms with Gasteiger partial charge in [-0.25, -0.2) is 8.42 Å². The maximum atomic E-state index is 12.7. The molecule has 0 radical (unpaired) electrons. The van der Waals surface area contributed by atoms with Crippen molar-refractivity contribution in [2.24, 2.45) is 12.0 Å². The van der Waals surface area contributed by atoms with Gasteiger partial charge in [0.1, 0.15) is 17.6 Å². The molecule has 1 aliphatic rings. The summed E-state index contributed by atoms with van der Waals surface area (Å²) in [6.07, 6.45) is 3.67. The van der Waals surface area contributed by atoms with Crippen LogP contribution in [0.5, 0.6) is 0 Å². The Balaban J connectivity index is 1.77. The number of hydrazine groups is 1. The van der Waals surface area contributed by atoms with Crippen LogP contribution in [-0.2, 0) is 21.9 Å². The quantitative estimate of drug-likeness (QED) is 0.529. The lowest BCUT2D eigenvalue weighted by atomic mass is 10.1. The molecule has 2 heterocycles. The predicted octanol–water partition coefficient (Wildman–Crippen LogP) is 1.85. The van der Waals surface area contributed by atoms with E-state index in [1.807, 2.05) is 6.92 Å². The Bertz CT molecular complexity index is 1110. The summed E-state index contributed by atoms with van der Waals surface area (Å²) in [5.41, 5.74) is 5.55. The molecule has 0 aliphatic carbocycles. The highest BCUT2D eigenvalue weighted by Gasteiger charge is 2.31. The number of halogens is 1. The Hall–Kier alpha value is -2.66. The van der Waals surface area contributed by atoms with Crippen molar-refractivity contribution in [1.82, 2.24) is 20.1 Å². The van der Waals surface area contributed by atoms with Gasteiger partial charge in [-0.3, -0.25) is 30.2 Å². The molecule has 1 aliphatic heterocycles. The van der Waals surface area contributed by atoms with Gasteiger partial charge in [0.15, 0.2) is 0 Å². The number of rotatable bonds is 6. The van der Waals surface area contributed by atoms with E-state index in [0.717, 1.165) is 10.9 Å². The number of unbranched alkanes of at least 4 members (excludes halogenated alkanes) is 1. The molecule has 0 spiro atoms. The van der Waals surface area contributed by atoms with Crippen LogP contribution >= 0.6 is 15.9 Å². The van der Waals surface area contributed by atoms with E-state index >= 15 is 0 Å². The van der Waals surface area contributed by atoms with Crippen LogP contribution in [0.1, 0.15) is 42.2 Å². The molecule has 3 N–H and O–H groups in total. The number of benzene rings is 1. The Morgan fingerprint density at radius 2 is 2.00 bits per heavy atom. The molecule has 0 saturated carbocycles. The van der Waals surface area contributed by atoms with Gasteiger partial charge in [-0.1, -0.05) is 31.9 Å². The number of amidine groups is 1. The second-order valence-corrected chi connectivity index (χ2v) is 9.40. The monoisotopic (exact) mass is 495 g/mol. The molecule has 30 heavy (non-hydrogen) atoms. The topological polar surface area (TPSA) is 122 Å². The third kappa shape index (κ3) is 4.73. The number of aromatic nitrogens is 1. The standard InChI is InChI=1S/C19H22BrN5O4S/c1-3-4-8-14(18(26)22-23-19(27)15-10-12(20)11-25(15)2)21-17-13-7-5-6-9-16(13)30(28,29)24-17/h5-7,9-11,14H,3-4,8H2,1-2H3,(H,21,24)(H,22,26)(H,23,27). The number of hydrogen-bond donors (Lipinski definition) is 3. The van der Waals surface area contributed by atoms with Crippen LogP contribution in [0.2, 0.25) is 0 Å². The largest absolute Gasteiger partial charge is 0.345 e. The van der Waals surface area contributed by atoms with E-state index < -0.39 is 27.9 Å². The van der Waals surface area contributed by atoms with Gasteiger partial charge in [0.2, 0.25) is 0 Å². The number of nitrogens with one attached hydrogen (secondary N) is 3. The highest BCUT2D eigenvalue weighted by Crippen LogP contribution is 2.23. The molecule has 1 aromatic carbocycles. The van der Waals surface area contributed by atoms with Crippen LogP contribution in [-0.4, -0.2) is 36.7 Å². The van der Waals surface area contributed by atoms with Crippen molar-refractivity contribution in [3.8, 4) is 0 Å². The molecule has 2 aromatic rings. The highest BCUT2D eigenvalue weighted by molar-refractivity contribution is 9.10. The fraction of sp³-hybridized carbons (Fsp3) is 0.316. The molecule has 0 saturated heterocycles. The van der Waals surface area contributed by atoms with E-state index in [-0.39, 0.29) is 10.7 Å². The summed E-state index contributed by atoms with van der Waals surface area (Å²) in [5.74, 6) is -0.883. The zero-order chi connectivity index (χ0) is 21.9. The lowest BCUT2D eigenvalue weighted by Crippen LogP contribution is -2.46. The smallest absolute Gasteiger partial charge is 0.286 e. The Labute approximate surface area is 183 Å². The minimum atomic E-state index is -3.70. The number of aryl methyl sites for hydroxylation is 1. The van der Waals surface area contributed by atoms with Gasteiger partial charge < -0.3 is 4.57 Å². The minimum Gasteiger partial charge on any atom is -0.345 e. The summed E-state index contributed by atoms with van der Waals surface area (Å²) in [7, 11) is -1.99. The number of fused-ring (bicyclic) bond motifs is 1. The first-order chi connectivity index (χ1) is 14.2. The molecule has 2 amide bonds. The Kier molecular flexibility index (Phi) is 6.61. The van der Waals surface area contributed by atoms with Crippen LogP contribution in [0.15, 0.2) is 50.9 Å². The summed E-state index contributed by atoms with van der Waals surface area (Å²) < 4.78 is 29.3. The summed E-state index contributed by atoms with van der Waals surface area (Å²) in [6, 6.07) is 7.21. The van der Waals surface area contributed by atoms with Gasteiger partial charge in [-0.05, 0) is 40.5 Å². The van der Waals surface area contributed by atoms with Crippen LogP contribution in [0.3, 0.4) is 0 Å². The first kappa shape index (κ1) is 22.0. The lowest BCUT2D eigenvalue weighted by molar-refractivity contribution is -0.123. The van der Waals surface area contributed by atoms with E-state index in [4.69, 9.17) is 0 Å². The van der Waals surface area contributed by atoms with Gasteiger partial charge in [0, 0.05) is 23.3 Å². The van der Waals surface area contributed by atoms with Crippen molar-refractivity contribution in [2.45, 2.75) is 37.1 Å². The average Bonchev–Trinajstić information content (AvgIpc) is 3.18. The van der Waals surface area contributed by atoms with Crippen molar-refractivity contribution >= 4 is 43.6 Å². The predicted molar refractivity (Wildman–Crippen MR) is 115 cm³/mol. The van der Waals surface area contributed by atoms with E-state index in [0.29, 0.717) is 24.1 Å². The molecule has 160 valence electrons. The summed E-state index contributed by atoms with van der Waals surface area (Å²) >= 11 is 3.29. The van der Waals surface area contributed by atoms with E-state index in [2.05, 4.69) is 36.5 Å². The van der Waals surface area contributed by atoms with Crippen molar-refractivity contribution in [2.75, 3.05) is 0 Å². The number of carbonyl (C=O) groups excluding carboxylic acids is 2. The Morgan fingerprint density at radius 1 is 1.27 bits per heavy atom. The van der Waals surface area contributed by atoms with Gasteiger partial charge in [-0.2, -0.15) is 0 Å². The molecule has 0 bridgehead atoms. The normalized spacial score (nSPS) is 16.6. The number of aliphatic imine (C=N–C) groups is 1. The number of carbonyl (C=O) groups is 2. The number of amides is 2. The number of nitrogens with zero attached hydrogens (tertiary/aromatic N) is 2. The summed E-state index contributed by atoms with van der Waals surface area (Å²) in [6.45, 7) is 1.98. The number of hydrogen-bond acceptors (Lipinski definition) is 5. The molecular weight excluding hydrogens is 474 g/mol. The van der Waals surface area contributed by atoms with Crippen LogP contribution in [0, 0.1) is 0 Å². The van der Waals surface area contributed by atoms with Crippen LogP contribution in [0.25, 0.3) is 0 Å². The molecule has 9 nitrogen and oxygen atoms in total. The van der Waals surface area contributed by atoms with Crippen molar-refractivity contribution in [3.05, 3.63) is 52.3 Å². The SMILES string of the molecule is CCCCC(N=C1NS(=O)(=O)c2ccccc21)C(=O)NNC(=O)c1cc(Br)cn1C. The molecular formula is C19H22BrN5O4S. The Morgan fingerprint density at radius 3 is 2.67 bits per heavy atom. The van der Waals surface area contributed by atoms with Gasteiger partial charge >= 0.3 is 0 Å². The second kappa shape index (κ2) is 9.00. The molecule has 1 atom stereocenters. The fourth-order valence-corrected chi connectivity index (χ4v) is 4.82. The van der Waals surface area contributed by atoms with Crippen molar-refractivity contribution in [1.29, 1.82) is 0 Å². The van der Waals surface area contributed by atoms with E-state index in [1.54, 1.807) is 42.1 Å². The lowest BCUT2D eigenvalue weighted by Gasteiger charge is -2.14. The van der Waals surface area contributed by atoms with Gasteiger partial charge in [-0.15, -0.1) is 0 Å².